The summed E-state index contributed by atoms with van der Waals surface area (Å²) in [7, 11) is 0. The fourth-order valence-corrected chi connectivity index (χ4v) is 5.14. The van der Waals surface area contributed by atoms with Crippen LogP contribution in [0.1, 0.15) is 11.3 Å². The number of aromatic nitrogens is 2. The van der Waals surface area contributed by atoms with Gasteiger partial charge in [0, 0.05) is 43.2 Å². The topological polar surface area (TPSA) is 82.0 Å². The number of aliphatic hydroxyl groups is 1. The predicted molar refractivity (Wildman–Crippen MR) is 113 cm³/mol. The van der Waals surface area contributed by atoms with Gasteiger partial charge in [-0.25, -0.2) is 9.97 Å². The van der Waals surface area contributed by atoms with Crippen molar-refractivity contribution in [2.24, 2.45) is 0 Å². The van der Waals surface area contributed by atoms with Crippen molar-refractivity contribution in [1.82, 2.24) is 14.9 Å². The van der Waals surface area contributed by atoms with Gasteiger partial charge in [-0.05, 0) is 24.6 Å². The zero-order valence-electron chi connectivity index (χ0n) is 16.1. The van der Waals surface area contributed by atoms with E-state index in [9.17, 15) is 10.2 Å². The highest BCUT2D eigenvalue weighted by Crippen LogP contribution is 2.35. The molecule has 4 heterocycles. The van der Waals surface area contributed by atoms with Crippen LogP contribution in [0.15, 0.2) is 30.3 Å². The summed E-state index contributed by atoms with van der Waals surface area (Å²) in [5, 5.41) is 19.7. The number of aliphatic hydroxyl groups excluding tert-OH is 1. The van der Waals surface area contributed by atoms with Crippen molar-refractivity contribution in [3.63, 3.8) is 0 Å². The summed E-state index contributed by atoms with van der Waals surface area (Å²) in [6.45, 7) is 5.46. The molecule has 2 fully saturated rings. The van der Waals surface area contributed by atoms with Crippen LogP contribution in [0.4, 0.5) is 5.82 Å². The van der Waals surface area contributed by atoms with E-state index < -0.39 is 0 Å². The smallest absolute Gasteiger partial charge is 0.162 e. The summed E-state index contributed by atoms with van der Waals surface area (Å²) in [5.41, 5.74) is 1.73. The highest BCUT2D eigenvalue weighted by Gasteiger charge is 2.23. The van der Waals surface area contributed by atoms with E-state index in [1.807, 2.05) is 12.1 Å². The minimum Gasteiger partial charge on any atom is -0.508 e. The monoisotopic (exact) mass is 412 g/mol. The lowest BCUT2D eigenvalue weighted by Gasteiger charge is -2.28. The molecular formula is C21H24N4O3S. The largest absolute Gasteiger partial charge is 0.508 e. The second kappa shape index (κ2) is 7.87. The molecule has 0 spiro atoms. The third-order valence-electron chi connectivity index (χ3n) is 5.45. The molecule has 1 unspecified atom stereocenters. The fourth-order valence-electron chi connectivity index (χ4n) is 3.98. The molecule has 1 aromatic carbocycles. The number of hydrogen-bond acceptors (Lipinski definition) is 8. The molecule has 3 aromatic rings. The summed E-state index contributed by atoms with van der Waals surface area (Å²) in [5.74, 6) is 1.77. The average Bonchev–Trinajstić information content (AvgIpc) is 3.33. The Morgan fingerprint density at radius 1 is 1.14 bits per heavy atom. The molecule has 0 radical (unpaired) electrons. The van der Waals surface area contributed by atoms with Gasteiger partial charge >= 0.3 is 0 Å². The van der Waals surface area contributed by atoms with Crippen molar-refractivity contribution in [1.29, 1.82) is 0 Å². The molecule has 2 aliphatic heterocycles. The fraction of sp³-hybridized carbons (Fsp3) is 0.429. The molecule has 2 N–H and O–H groups in total. The van der Waals surface area contributed by atoms with Crippen LogP contribution >= 0.6 is 11.3 Å². The quantitative estimate of drug-likeness (QED) is 0.681. The number of rotatable bonds is 4. The number of anilines is 1. The predicted octanol–water partition coefficient (Wildman–Crippen LogP) is 2.47. The summed E-state index contributed by atoms with van der Waals surface area (Å²) in [6.07, 6.45) is 0.621. The van der Waals surface area contributed by atoms with Crippen LogP contribution in [0.25, 0.3) is 21.6 Å². The van der Waals surface area contributed by atoms with Crippen LogP contribution in [-0.2, 0) is 11.3 Å². The third kappa shape index (κ3) is 3.93. The number of aromatic hydroxyl groups is 1. The van der Waals surface area contributed by atoms with Crippen LogP contribution in [-0.4, -0.2) is 70.6 Å². The SMILES string of the molecule is Oc1cccc(-c2nc(N3CCOCC3)c3sc(CN4CCC(O)C4)cc3n2)c1. The lowest BCUT2D eigenvalue weighted by atomic mass is 10.2. The van der Waals surface area contributed by atoms with Gasteiger partial charge in [0.05, 0.1) is 29.5 Å². The number of phenolic OH excluding ortho intramolecular Hbond substituents is 1. The number of thiophene rings is 1. The second-order valence-electron chi connectivity index (χ2n) is 7.63. The van der Waals surface area contributed by atoms with Gasteiger partial charge in [0.15, 0.2) is 11.6 Å². The van der Waals surface area contributed by atoms with Crippen LogP contribution < -0.4 is 4.90 Å². The summed E-state index contributed by atoms with van der Waals surface area (Å²) in [6, 6.07) is 9.22. The number of benzene rings is 1. The number of β-amino-alcohol motifs (C(OH)–C–C–N with tert-alkyl or cyclic N) is 1. The van der Waals surface area contributed by atoms with Gasteiger partial charge in [0.1, 0.15) is 5.75 Å². The van der Waals surface area contributed by atoms with E-state index in [2.05, 4.69) is 15.9 Å². The third-order valence-corrected chi connectivity index (χ3v) is 6.55. The van der Waals surface area contributed by atoms with Crippen molar-refractivity contribution in [2.45, 2.75) is 19.1 Å². The van der Waals surface area contributed by atoms with Gasteiger partial charge < -0.3 is 19.8 Å². The Hall–Kier alpha value is -2.26. The van der Waals surface area contributed by atoms with Crippen LogP contribution in [0.3, 0.4) is 0 Å². The molecule has 2 aliphatic rings. The molecule has 0 saturated carbocycles. The number of morpholine rings is 1. The first kappa shape index (κ1) is 18.7. The van der Waals surface area contributed by atoms with Crippen molar-refractivity contribution in [3.8, 4) is 17.1 Å². The van der Waals surface area contributed by atoms with Crippen molar-refractivity contribution >= 4 is 27.4 Å². The zero-order valence-corrected chi connectivity index (χ0v) is 16.9. The number of fused-ring (bicyclic) bond motifs is 1. The lowest BCUT2D eigenvalue weighted by molar-refractivity contribution is 0.122. The molecule has 0 aliphatic carbocycles. The molecule has 29 heavy (non-hydrogen) atoms. The van der Waals surface area contributed by atoms with Crippen molar-refractivity contribution in [2.75, 3.05) is 44.3 Å². The van der Waals surface area contributed by atoms with Crippen molar-refractivity contribution in [3.05, 3.63) is 35.2 Å². The minimum absolute atomic E-state index is 0.206. The Balaban J connectivity index is 1.56. The molecule has 1 atom stereocenters. The van der Waals surface area contributed by atoms with E-state index in [0.717, 1.165) is 60.7 Å². The average molecular weight is 413 g/mol. The zero-order chi connectivity index (χ0) is 19.8. The molecule has 7 nitrogen and oxygen atoms in total. The first-order valence-corrected chi connectivity index (χ1v) is 10.8. The van der Waals surface area contributed by atoms with Crippen molar-refractivity contribution < 1.29 is 14.9 Å². The van der Waals surface area contributed by atoms with Gasteiger partial charge in [-0.3, -0.25) is 4.90 Å². The maximum atomic E-state index is 9.88. The number of likely N-dealkylation sites (tertiary alicyclic amines) is 1. The summed E-state index contributed by atoms with van der Waals surface area (Å²) >= 11 is 1.73. The van der Waals surface area contributed by atoms with Crippen LogP contribution in [0.2, 0.25) is 0 Å². The van der Waals surface area contributed by atoms with Gasteiger partial charge in [-0.2, -0.15) is 0 Å². The van der Waals surface area contributed by atoms with Crippen LogP contribution in [0.5, 0.6) is 5.75 Å². The summed E-state index contributed by atoms with van der Waals surface area (Å²) in [4.78, 5) is 15.5. The number of ether oxygens (including phenoxy) is 1. The van der Waals surface area contributed by atoms with E-state index in [1.54, 1.807) is 23.5 Å². The Morgan fingerprint density at radius 2 is 2.00 bits per heavy atom. The maximum Gasteiger partial charge on any atom is 0.162 e. The number of nitrogens with zero attached hydrogens (tertiary/aromatic N) is 4. The molecule has 5 rings (SSSR count). The lowest BCUT2D eigenvalue weighted by Crippen LogP contribution is -2.36. The van der Waals surface area contributed by atoms with Gasteiger partial charge in [-0.15, -0.1) is 11.3 Å². The first-order valence-electron chi connectivity index (χ1n) is 9.99. The molecule has 2 aromatic heterocycles. The molecule has 0 bridgehead atoms. The molecule has 2 saturated heterocycles. The molecule has 0 amide bonds. The number of hydrogen-bond donors (Lipinski definition) is 2. The van der Waals surface area contributed by atoms with Gasteiger partial charge in [0.2, 0.25) is 0 Å². The number of phenols is 1. The molecule has 8 heteroatoms. The van der Waals surface area contributed by atoms with Gasteiger partial charge in [-0.1, -0.05) is 12.1 Å². The molecule has 152 valence electrons. The Labute approximate surface area is 173 Å². The Morgan fingerprint density at radius 3 is 2.76 bits per heavy atom. The summed E-state index contributed by atoms with van der Waals surface area (Å²) < 4.78 is 6.61. The molecular weight excluding hydrogens is 388 g/mol. The Bertz CT molecular complexity index is 1020. The van der Waals surface area contributed by atoms with Crippen LogP contribution in [0, 0.1) is 0 Å². The van der Waals surface area contributed by atoms with E-state index >= 15 is 0 Å². The maximum absolute atomic E-state index is 9.88. The van der Waals surface area contributed by atoms with E-state index in [1.165, 1.54) is 4.88 Å². The minimum atomic E-state index is -0.217. The van der Waals surface area contributed by atoms with E-state index in [-0.39, 0.29) is 11.9 Å². The highest BCUT2D eigenvalue weighted by atomic mass is 32.1. The second-order valence-corrected chi connectivity index (χ2v) is 8.76. The Kier molecular flexibility index (Phi) is 5.09. The standard InChI is InChI=1S/C21H24N4O3S/c26-15-3-1-2-14(10-15)20-22-18-11-17(13-24-5-4-16(27)12-24)29-19(18)21(23-20)25-6-8-28-9-7-25/h1-3,10-11,16,26-27H,4-9,12-13H2. The first-order chi connectivity index (χ1) is 14.2. The highest BCUT2D eigenvalue weighted by molar-refractivity contribution is 7.19. The van der Waals surface area contributed by atoms with E-state index in [0.29, 0.717) is 19.0 Å². The normalized spacial score (nSPS) is 20.6. The van der Waals surface area contributed by atoms with Gasteiger partial charge in [0.25, 0.3) is 0 Å². The van der Waals surface area contributed by atoms with E-state index in [4.69, 9.17) is 14.7 Å².